The minimum absolute atomic E-state index is 0.0437. The Balaban J connectivity index is 2.26. The normalized spacial score (nSPS) is 11.2. The van der Waals surface area contributed by atoms with Gasteiger partial charge in [-0.15, -0.1) is 0 Å². The van der Waals surface area contributed by atoms with Crippen LogP contribution in [-0.2, 0) is 26.3 Å². The summed E-state index contributed by atoms with van der Waals surface area (Å²) in [5, 5.41) is 11.6. The fraction of sp³-hybridized carbons (Fsp3) is 0.188. The van der Waals surface area contributed by atoms with Gasteiger partial charge in [0.15, 0.2) is 5.75 Å². The quantitative estimate of drug-likeness (QED) is 0.828. The molecule has 0 aliphatic carbocycles. The molecule has 1 radical (unpaired) electrons. The molecular weight excluding hydrogens is 338 g/mol. The van der Waals surface area contributed by atoms with Crippen LogP contribution in [0.4, 0.5) is 0 Å². The Labute approximate surface area is 140 Å². The van der Waals surface area contributed by atoms with E-state index in [0.717, 1.165) is 4.31 Å². The van der Waals surface area contributed by atoms with Crippen LogP contribution in [0.2, 0.25) is 5.02 Å². The summed E-state index contributed by atoms with van der Waals surface area (Å²) in [7, 11) is -3.98. The van der Waals surface area contributed by atoms with E-state index in [9.17, 15) is 18.3 Å². The molecule has 2 aromatic rings. The van der Waals surface area contributed by atoms with Gasteiger partial charge in [0.05, 0.1) is 4.90 Å². The highest BCUT2D eigenvalue weighted by molar-refractivity contribution is 7.89. The summed E-state index contributed by atoms with van der Waals surface area (Å²) in [6.45, 7) is 1.14. The first-order chi connectivity index (χ1) is 10.8. The Bertz CT molecular complexity index is 820. The van der Waals surface area contributed by atoms with Crippen LogP contribution in [0.15, 0.2) is 53.4 Å². The molecule has 7 heteroatoms. The van der Waals surface area contributed by atoms with Gasteiger partial charge in [-0.2, -0.15) is 0 Å². The molecular formula is C16H15ClNO4S. The SMILES string of the molecule is CC(=O)N(CCc1cccc([O])c1)S(=O)(=O)c1cccc(Cl)c1. The van der Waals surface area contributed by atoms with Gasteiger partial charge in [0, 0.05) is 18.5 Å². The zero-order chi connectivity index (χ0) is 17.0. The average molecular weight is 353 g/mol. The molecule has 2 rings (SSSR count). The van der Waals surface area contributed by atoms with Crippen molar-refractivity contribution in [3.8, 4) is 5.75 Å². The van der Waals surface area contributed by atoms with E-state index < -0.39 is 15.9 Å². The molecule has 0 saturated heterocycles. The topological polar surface area (TPSA) is 74.3 Å². The van der Waals surface area contributed by atoms with Crippen LogP contribution in [0.1, 0.15) is 12.5 Å². The first-order valence-corrected chi connectivity index (χ1v) is 8.67. The van der Waals surface area contributed by atoms with Crippen LogP contribution in [0.5, 0.6) is 5.75 Å². The molecule has 2 aromatic carbocycles. The van der Waals surface area contributed by atoms with E-state index in [2.05, 4.69) is 0 Å². The maximum atomic E-state index is 12.6. The standard InChI is InChI=1S/C16H15ClNO4S/c1-12(19)18(9-8-13-4-2-6-15(20)10-13)23(21,22)16-7-3-5-14(17)11-16/h2-7,10-11H,8-9H2,1H3. The lowest BCUT2D eigenvalue weighted by Gasteiger charge is -2.21. The zero-order valence-electron chi connectivity index (χ0n) is 12.4. The maximum absolute atomic E-state index is 12.6. The maximum Gasteiger partial charge on any atom is 0.266 e. The van der Waals surface area contributed by atoms with Crippen LogP contribution in [0, 0.1) is 0 Å². The third-order valence-electron chi connectivity index (χ3n) is 3.24. The van der Waals surface area contributed by atoms with Crippen molar-refractivity contribution in [1.29, 1.82) is 0 Å². The monoisotopic (exact) mass is 352 g/mol. The summed E-state index contributed by atoms with van der Waals surface area (Å²) < 4.78 is 26.0. The third-order valence-corrected chi connectivity index (χ3v) is 5.34. The van der Waals surface area contributed by atoms with E-state index >= 15 is 0 Å². The summed E-state index contributed by atoms with van der Waals surface area (Å²) in [5.41, 5.74) is 0.671. The second-order valence-corrected chi connectivity index (χ2v) is 7.25. The lowest BCUT2D eigenvalue weighted by Crippen LogP contribution is -2.36. The third kappa shape index (κ3) is 4.24. The van der Waals surface area contributed by atoms with Gasteiger partial charge in [0.2, 0.25) is 5.91 Å². The Morgan fingerprint density at radius 2 is 1.83 bits per heavy atom. The molecule has 0 N–H and O–H groups in total. The predicted octanol–water partition coefficient (Wildman–Crippen LogP) is 3.26. The van der Waals surface area contributed by atoms with Crippen molar-refractivity contribution in [1.82, 2.24) is 4.31 Å². The first-order valence-electron chi connectivity index (χ1n) is 6.85. The van der Waals surface area contributed by atoms with Crippen molar-refractivity contribution in [2.75, 3.05) is 6.54 Å². The van der Waals surface area contributed by atoms with Crippen molar-refractivity contribution >= 4 is 27.5 Å². The molecule has 0 fully saturated rings. The highest BCUT2D eigenvalue weighted by Crippen LogP contribution is 2.21. The van der Waals surface area contributed by atoms with Crippen molar-refractivity contribution in [3.63, 3.8) is 0 Å². The van der Waals surface area contributed by atoms with Crippen LogP contribution < -0.4 is 0 Å². The number of halogens is 1. The lowest BCUT2D eigenvalue weighted by atomic mass is 10.1. The lowest BCUT2D eigenvalue weighted by molar-refractivity contribution is -0.124. The molecule has 0 aliphatic rings. The fourth-order valence-corrected chi connectivity index (χ4v) is 3.84. The molecule has 0 heterocycles. The number of rotatable bonds is 5. The van der Waals surface area contributed by atoms with E-state index in [4.69, 9.17) is 11.6 Å². The molecule has 0 unspecified atom stereocenters. The highest BCUT2D eigenvalue weighted by atomic mass is 35.5. The molecule has 0 spiro atoms. The van der Waals surface area contributed by atoms with Gasteiger partial charge in [-0.25, -0.2) is 12.7 Å². The summed E-state index contributed by atoms with van der Waals surface area (Å²) >= 11 is 5.82. The van der Waals surface area contributed by atoms with Gasteiger partial charge in [-0.05, 0) is 42.3 Å². The van der Waals surface area contributed by atoms with Gasteiger partial charge in [0.25, 0.3) is 10.0 Å². The van der Waals surface area contributed by atoms with Crippen LogP contribution in [-0.4, -0.2) is 25.2 Å². The molecule has 23 heavy (non-hydrogen) atoms. The average Bonchev–Trinajstić information content (AvgIpc) is 2.47. The summed E-state index contributed by atoms with van der Waals surface area (Å²) in [4.78, 5) is 11.7. The minimum atomic E-state index is -3.98. The number of hydrogen-bond acceptors (Lipinski definition) is 3. The summed E-state index contributed by atoms with van der Waals surface area (Å²) in [6.07, 6.45) is 0.259. The molecule has 0 bridgehead atoms. The second kappa shape index (κ2) is 7.02. The molecule has 5 nitrogen and oxygen atoms in total. The molecule has 0 aromatic heterocycles. The largest absolute Gasteiger partial charge is 0.290 e. The molecule has 1 amide bonds. The van der Waals surface area contributed by atoms with E-state index in [1.807, 2.05) is 0 Å². The molecule has 0 aliphatic heterocycles. The highest BCUT2D eigenvalue weighted by Gasteiger charge is 2.26. The van der Waals surface area contributed by atoms with Crippen molar-refractivity contribution in [2.24, 2.45) is 0 Å². The number of carbonyl (C=O) groups is 1. The molecule has 0 saturated carbocycles. The van der Waals surface area contributed by atoms with Crippen LogP contribution in [0.25, 0.3) is 0 Å². The van der Waals surface area contributed by atoms with Gasteiger partial charge in [0.1, 0.15) is 0 Å². The number of sulfonamides is 1. The van der Waals surface area contributed by atoms with E-state index in [1.54, 1.807) is 18.2 Å². The van der Waals surface area contributed by atoms with Gasteiger partial charge in [-0.3, -0.25) is 9.90 Å². The van der Waals surface area contributed by atoms with Crippen LogP contribution >= 0.6 is 11.6 Å². The molecule has 121 valence electrons. The minimum Gasteiger partial charge on any atom is -0.290 e. The van der Waals surface area contributed by atoms with E-state index in [1.165, 1.54) is 37.3 Å². The number of carbonyl (C=O) groups excluding carboxylic acids is 1. The van der Waals surface area contributed by atoms with Crippen molar-refractivity contribution in [3.05, 3.63) is 59.1 Å². The second-order valence-electron chi connectivity index (χ2n) is 4.95. The van der Waals surface area contributed by atoms with E-state index in [0.29, 0.717) is 5.56 Å². The fourth-order valence-electron chi connectivity index (χ4n) is 2.13. The van der Waals surface area contributed by atoms with Crippen molar-refractivity contribution in [2.45, 2.75) is 18.2 Å². The van der Waals surface area contributed by atoms with E-state index in [-0.39, 0.29) is 28.6 Å². The number of benzene rings is 2. The van der Waals surface area contributed by atoms with Crippen LogP contribution in [0.3, 0.4) is 0 Å². The summed E-state index contributed by atoms with van der Waals surface area (Å²) in [6, 6.07) is 11.9. The Morgan fingerprint density at radius 1 is 1.13 bits per heavy atom. The molecule has 0 atom stereocenters. The Kier molecular flexibility index (Phi) is 5.28. The number of amides is 1. The Morgan fingerprint density at radius 3 is 2.43 bits per heavy atom. The smallest absolute Gasteiger partial charge is 0.266 e. The van der Waals surface area contributed by atoms with Gasteiger partial charge >= 0.3 is 0 Å². The summed E-state index contributed by atoms with van der Waals surface area (Å²) in [5.74, 6) is -0.752. The zero-order valence-corrected chi connectivity index (χ0v) is 14.0. The van der Waals surface area contributed by atoms with Gasteiger partial charge < -0.3 is 0 Å². The van der Waals surface area contributed by atoms with Crippen molar-refractivity contribution < 1.29 is 18.3 Å². The number of hydrogen-bond donors (Lipinski definition) is 0. The van der Waals surface area contributed by atoms with Gasteiger partial charge in [-0.1, -0.05) is 29.8 Å². The predicted molar refractivity (Wildman–Crippen MR) is 86.3 cm³/mol. The Hall–Kier alpha value is -2.05. The number of nitrogens with zero attached hydrogens (tertiary/aromatic N) is 1. The first kappa shape index (κ1) is 17.3.